The summed E-state index contributed by atoms with van der Waals surface area (Å²) in [7, 11) is 0. The Kier molecular flexibility index (Phi) is 1.86. The van der Waals surface area contributed by atoms with Crippen molar-refractivity contribution in [1.29, 1.82) is 0 Å². The van der Waals surface area contributed by atoms with Crippen LogP contribution in [0.15, 0.2) is 0 Å². The minimum atomic E-state index is 0.341. The molecule has 0 aromatic heterocycles. The molecule has 1 rings (SSSR count). The van der Waals surface area contributed by atoms with E-state index < -0.39 is 0 Å². The van der Waals surface area contributed by atoms with Gasteiger partial charge in [0.1, 0.15) is 0 Å². The molecule has 0 aliphatic carbocycles. The van der Waals surface area contributed by atoms with E-state index in [9.17, 15) is 0 Å². The van der Waals surface area contributed by atoms with E-state index in [1.54, 1.807) is 0 Å². The number of hydrogen-bond donors (Lipinski definition) is 2. The van der Waals surface area contributed by atoms with Crippen LogP contribution in [0.1, 0.15) is 6.92 Å². The van der Waals surface area contributed by atoms with E-state index in [-0.39, 0.29) is 0 Å². The Morgan fingerprint density at radius 2 is 2.38 bits per heavy atom. The van der Waals surface area contributed by atoms with Gasteiger partial charge in [-0.15, -0.1) is 0 Å². The van der Waals surface area contributed by atoms with E-state index in [1.165, 1.54) is 0 Å². The molecular formula is C6H13NO. The van der Waals surface area contributed by atoms with Gasteiger partial charge in [-0.3, -0.25) is 0 Å². The topological polar surface area (TPSA) is 32.3 Å². The molecule has 48 valence electrons. The van der Waals surface area contributed by atoms with E-state index in [4.69, 9.17) is 5.11 Å². The Morgan fingerprint density at radius 1 is 1.62 bits per heavy atom. The molecule has 0 bridgehead atoms. The van der Waals surface area contributed by atoms with Gasteiger partial charge in [0.05, 0.1) is 0 Å². The highest BCUT2D eigenvalue weighted by Gasteiger charge is 2.21. The lowest BCUT2D eigenvalue weighted by molar-refractivity contribution is 0.212. The Hall–Kier alpha value is -0.0800. The molecule has 1 heterocycles. The maximum Gasteiger partial charge on any atom is 0.0474 e. The second kappa shape index (κ2) is 2.46. The molecule has 1 saturated heterocycles. The van der Waals surface area contributed by atoms with Crippen molar-refractivity contribution < 1.29 is 5.11 Å². The minimum Gasteiger partial charge on any atom is -0.396 e. The first-order chi connectivity index (χ1) is 3.84. The van der Waals surface area contributed by atoms with Crippen LogP contribution >= 0.6 is 0 Å². The van der Waals surface area contributed by atoms with Crippen molar-refractivity contribution in [3.05, 3.63) is 0 Å². The number of hydrogen-bond acceptors (Lipinski definition) is 2. The highest BCUT2D eigenvalue weighted by Crippen LogP contribution is 2.13. The van der Waals surface area contributed by atoms with Crippen LogP contribution in [0.2, 0.25) is 0 Å². The average Bonchev–Trinajstić information content (AvgIpc) is 2.14. The Morgan fingerprint density at radius 3 is 2.62 bits per heavy atom. The first-order valence-electron chi connectivity index (χ1n) is 3.16. The summed E-state index contributed by atoms with van der Waals surface area (Å²) in [4.78, 5) is 0. The van der Waals surface area contributed by atoms with E-state index >= 15 is 0 Å². The lowest BCUT2D eigenvalue weighted by Crippen LogP contribution is -2.13. The van der Waals surface area contributed by atoms with Crippen LogP contribution in [0.5, 0.6) is 0 Å². The second-order valence-electron chi connectivity index (χ2n) is 2.58. The standard InChI is InChI=1S/C6H13NO/c1-5-2-7-3-6(5)4-8/h5-8H,2-4H2,1H3/t5-,6+/m0/s1. The molecule has 1 aliphatic heterocycles. The number of aliphatic hydroxyl groups excluding tert-OH is 1. The van der Waals surface area contributed by atoms with Crippen LogP contribution in [0, 0.1) is 11.8 Å². The van der Waals surface area contributed by atoms with Gasteiger partial charge in [0.15, 0.2) is 0 Å². The lowest BCUT2D eigenvalue weighted by Gasteiger charge is -2.07. The van der Waals surface area contributed by atoms with Crippen molar-refractivity contribution in [2.45, 2.75) is 6.92 Å². The van der Waals surface area contributed by atoms with Crippen LogP contribution in [-0.4, -0.2) is 24.8 Å². The highest BCUT2D eigenvalue weighted by atomic mass is 16.3. The lowest BCUT2D eigenvalue weighted by atomic mass is 10.00. The largest absolute Gasteiger partial charge is 0.396 e. The van der Waals surface area contributed by atoms with Crippen molar-refractivity contribution in [2.75, 3.05) is 19.7 Å². The summed E-state index contributed by atoms with van der Waals surface area (Å²) in [5.41, 5.74) is 0. The van der Waals surface area contributed by atoms with Gasteiger partial charge in [-0.2, -0.15) is 0 Å². The normalized spacial score (nSPS) is 38.2. The van der Waals surface area contributed by atoms with Crippen molar-refractivity contribution in [1.82, 2.24) is 5.32 Å². The van der Waals surface area contributed by atoms with Gasteiger partial charge < -0.3 is 10.4 Å². The summed E-state index contributed by atoms with van der Waals surface area (Å²) in [5.74, 6) is 1.18. The average molecular weight is 115 g/mol. The summed E-state index contributed by atoms with van der Waals surface area (Å²) in [6, 6.07) is 0. The van der Waals surface area contributed by atoms with E-state index in [1.807, 2.05) is 0 Å². The SMILES string of the molecule is C[C@H]1CNC[C@@H]1CO. The first kappa shape index (κ1) is 6.05. The number of rotatable bonds is 1. The van der Waals surface area contributed by atoms with Gasteiger partial charge in [-0.1, -0.05) is 6.92 Å². The molecule has 2 atom stereocenters. The van der Waals surface area contributed by atoms with Crippen LogP contribution in [0.4, 0.5) is 0 Å². The zero-order valence-corrected chi connectivity index (χ0v) is 5.22. The zero-order valence-electron chi connectivity index (χ0n) is 5.22. The van der Waals surface area contributed by atoms with Gasteiger partial charge in [-0.05, 0) is 18.4 Å². The smallest absolute Gasteiger partial charge is 0.0474 e. The van der Waals surface area contributed by atoms with Crippen LogP contribution in [0.25, 0.3) is 0 Å². The fourth-order valence-corrected chi connectivity index (χ4v) is 1.11. The summed E-state index contributed by atoms with van der Waals surface area (Å²) < 4.78 is 0. The maximum atomic E-state index is 8.70. The molecular weight excluding hydrogens is 102 g/mol. The third-order valence-corrected chi connectivity index (χ3v) is 1.91. The fraction of sp³-hybridized carbons (Fsp3) is 1.00. The molecule has 8 heavy (non-hydrogen) atoms. The Balaban J connectivity index is 2.30. The van der Waals surface area contributed by atoms with E-state index in [0.717, 1.165) is 13.1 Å². The summed E-state index contributed by atoms with van der Waals surface area (Å²) in [6.45, 7) is 4.58. The predicted octanol–water partition coefficient (Wildman–Crippen LogP) is -0.166. The summed E-state index contributed by atoms with van der Waals surface area (Å²) in [6.07, 6.45) is 0. The van der Waals surface area contributed by atoms with Crippen molar-refractivity contribution in [3.63, 3.8) is 0 Å². The Bertz CT molecular complexity index is 74.9. The molecule has 2 heteroatoms. The van der Waals surface area contributed by atoms with Crippen molar-refractivity contribution >= 4 is 0 Å². The van der Waals surface area contributed by atoms with Gasteiger partial charge in [0.2, 0.25) is 0 Å². The van der Waals surface area contributed by atoms with Gasteiger partial charge >= 0.3 is 0 Å². The predicted molar refractivity (Wildman–Crippen MR) is 32.6 cm³/mol. The molecule has 0 spiro atoms. The molecule has 1 aliphatic rings. The third kappa shape index (κ3) is 1.01. The molecule has 2 nitrogen and oxygen atoms in total. The van der Waals surface area contributed by atoms with Gasteiger partial charge in [-0.25, -0.2) is 0 Å². The summed E-state index contributed by atoms with van der Waals surface area (Å²) in [5, 5.41) is 11.9. The van der Waals surface area contributed by atoms with Crippen molar-refractivity contribution in [3.8, 4) is 0 Å². The van der Waals surface area contributed by atoms with Crippen molar-refractivity contribution in [2.24, 2.45) is 11.8 Å². The van der Waals surface area contributed by atoms with E-state index in [0.29, 0.717) is 18.4 Å². The maximum absolute atomic E-state index is 8.70. The van der Waals surface area contributed by atoms with Gasteiger partial charge in [0, 0.05) is 13.2 Å². The second-order valence-corrected chi connectivity index (χ2v) is 2.58. The zero-order chi connectivity index (χ0) is 5.98. The van der Waals surface area contributed by atoms with E-state index in [2.05, 4.69) is 12.2 Å². The number of aliphatic hydroxyl groups is 1. The van der Waals surface area contributed by atoms with Crippen LogP contribution in [-0.2, 0) is 0 Å². The molecule has 0 aromatic rings. The molecule has 1 fully saturated rings. The molecule has 0 unspecified atom stereocenters. The molecule has 0 amide bonds. The van der Waals surface area contributed by atoms with Crippen LogP contribution < -0.4 is 5.32 Å². The third-order valence-electron chi connectivity index (χ3n) is 1.91. The molecule has 2 N–H and O–H groups in total. The van der Waals surface area contributed by atoms with Crippen LogP contribution in [0.3, 0.4) is 0 Å². The number of nitrogens with one attached hydrogen (secondary N) is 1. The molecule has 0 saturated carbocycles. The first-order valence-corrected chi connectivity index (χ1v) is 3.16. The monoisotopic (exact) mass is 115 g/mol. The minimum absolute atomic E-state index is 0.341. The molecule has 0 radical (unpaired) electrons. The highest BCUT2D eigenvalue weighted by molar-refractivity contribution is 4.76. The molecule has 0 aromatic carbocycles. The summed E-state index contributed by atoms with van der Waals surface area (Å²) >= 11 is 0. The quantitative estimate of drug-likeness (QED) is 0.497. The Labute approximate surface area is 49.9 Å². The van der Waals surface area contributed by atoms with Gasteiger partial charge in [0.25, 0.3) is 0 Å². The fourth-order valence-electron chi connectivity index (χ4n) is 1.11.